The number of hydrogen-bond donors (Lipinski definition) is 1. The summed E-state index contributed by atoms with van der Waals surface area (Å²) in [6.45, 7) is 5.63. The first-order valence-electron chi connectivity index (χ1n) is 9.38. The minimum atomic E-state index is -0.549. The van der Waals surface area contributed by atoms with Gasteiger partial charge in [-0.2, -0.15) is 0 Å². The predicted octanol–water partition coefficient (Wildman–Crippen LogP) is 4.60. The largest absolute Gasteiger partial charge is 0.491 e. The number of carbonyl (C=O) groups is 1. The maximum atomic E-state index is 13.3. The van der Waals surface area contributed by atoms with Gasteiger partial charge in [-0.05, 0) is 50.5 Å². The summed E-state index contributed by atoms with van der Waals surface area (Å²) < 4.78 is 12.4. The van der Waals surface area contributed by atoms with Gasteiger partial charge in [-0.1, -0.05) is 46.3 Å². The topological polar surface area (TPSA) is 47.6 Å². The lowest BCUT2D eigenvalue weighted by Gasteiger charge is -2.36. The van der Waals surface area contributed by atoms with Crippen molar-refractivity contribution in [2.75, 3.05) is 13.2 Å². The number of amides is 1. The Morgan fingerprint density at radius 3 is 2.48 bits per heavy atom. The van der Waals surface area contributed by atoms with Crippen LogP contribution in [0.15, 0.2) is 53.0 Å². The molecule has 2 aromatic carbocycles. The normalized spacial score (nSPS) is 16.1. The summed E-state index contributed by atoms with van der Waals surface area (Å²) in [4.78, 5) is 13.3. The molecular weight excluding hydrogens is 406 g/mol. The van der Waals surface area contributed by atoms with E-state index >= 15 is 0 Å². The van der Waals surface area contributed by atoms with Crippen LogP contribution in [0.25, 0.3) is 0 Å². The number of halogens is 1. The van der Waals surface area contributed by atoms with E-state index in [2.05, 4.69) is 21.2 Å². The van der Waals surface area contributed by atoms with Gasteiger partial charge in [0.1, 0.15) is 5.75 Å². The number of rotatable bonds is 6. The third-order valence-electron chi connectivity index (χ3n) is 4.95. The van der Waals surface area contributed by atoms with Gasteiger partial charge in [-0.15, -0.1) is 0 Å². The van der Waals surface area contributed by atoms with Gasteiger partial charge < -0.3 is 14.8 Å². The van der Waals surface area contributed by atoms with Crippen molar-refractivity contribution in [3.63, 3.8) is 0 Å². The average Bonchev–Trinajstić information content (AvgIpc) is 2.67. The zero-order chi connectivity index (χ0) is 19.3. The van der Waals surface area contributed by atoms with E-state index in [0.717, 1.165) is 21.3 Å². The van der Waals surface area contributed by atoms with Gasteiger partial charge in [-0.3, -0.25) is 4.79 Å². The zero-order valence-electron chi connectivity index (χ0n) is 15.8. The molecule has 1 aliphatic rings. The van der Waals surface area contributed by atoms with Gasteiger partial charge in [0.15, 0.2) is 0 Å². The van der Waals surface area contributed by atoms with Gasteiger partial charge in [0.05, 0.1) is 11.5 Å². The van der Waals surface area contributed by atoms with Crippen LogP contribution in [0.4, 0.5) is 0 Å². The number of ether oxygens (including phenoxy) is 2. The van der Waals surface area contributed by atoms with Gasteiger partial charge in [0.25, 0.3) is 0 Å². The molecule has 0 aromatic heterocycles. The van der Waals surface area contributed by atoms with Crippen LogP contribution in [0, 0.1) is 0 Å². The fourth-order valence-corrected chi connectivity index (χ4v) is 3.76. The van der Waals surface area contributed by atoms with Crippen molar-refractivity contribution in [3.8, 4) is 5.75 Å². The van der Waals surface area contributed by atoms with Crippen LogP contribution >= 0.6 is 15.9 Å². The number of hydrogen-bond acceptors (Lipinski definition) is 3. The second kappa shape index (κ2) is 8.89. The quantitative estimate of drug-likeness (QED) is 0.726. The van der Waals surface area contributed by atoms with E-state index in [-0.39, 0.29) is 12.0 Å². The Hall–Kier alpha value is -1.85. The van der Waals surface area contributed by atoms with Gasteiger partial charge in [0.2, 0.25) is 5.91 Å². The molecule has 1 amide bonds. The average molecular weight is 432 g/mol. The molecule has 0 atom stereocenters. The molecule has 3 rings (SSSR count). The van der Waals surface area contributed by atoms with Gasteiger partial charge in [0, 0.05) is 29.8 Å². The van der Waals surface area contributed by atoms with Crippen LogP contribution in [0.2, 0.25) is 0 Å². The first kappa shape index (κ1) is 19.9. The molecule has 5 heteroatoms. The van der Waals surface area contributed by atoms with Crippen LogP contribution in [-0.4, -0.2) is 25.2 Å². The van der Waals surface area contributed by atoms with E-state index in [1.165, 1.54) is 0 Å². The highest BCUT2D eigenvalue weighted by Gasteiger charge is 2.41. The Morgan fingerprint density at radius 2 is 1.81 bits per heavy atom. The lowest BCUT2D eigenvalue weighted by atomic mass is 9.73. The number of para-hydroxylation sites is 1. The Labute approximate surface area is 169 Å². The lowest BCUT2D eigenvalue weighted by molar-refractivity contribution is -0.130. The summed E-state index contributed by atoms with van der Waals surface area (Å²) >= 11 is 3.47. The van der Waals surface area contributed by atoms with Crippen molar-refractivity contribution in [2.45, 2.75) is 44.8 Å². The highest BCUT2D eigenvalue weighted by molar-refractivity contribution is 9.10. The van der Waals surface area contributed by atoms with Crippen LogP contribution < -0.4 is 10.1 Å². The molecule has 1 fully saturated rings. The van der Waals surface area contributed by atoms with E-state index < -0.39 is 5.41 Å². The summed E-state index contributed by atoms with van der Waals surface area (Å²) in [6.07, 6.45) is 1.46. The van der Waals surface area contributed by atoms with E-state index in [9.17, 15) is 4.79 Å². The van der Waals surface area contributed by atoms with E-state index in [0.29, 0.717) is 32.6 Å². The van der Waals surface area contributed by atoms with E-state index in [1.807, 2.05) is 62.4 Å². The molecule has 27 heavy (non-hydrogen) atoms. The predicted molar refractivity (Wildman–Crippen MR) is 110 cm³/mol. The van der Waals surface area contributed by atoms with Crippen molar-refractivity contribution in [2.24, 2.45) is 0 Å². The molecule has 2 aromatic rings. The molecule has 0 radical (unpaired) electrons. The SMILES string of the molecule is CC(C)Oc1ccccc1CNC(=O)C1(c2ccc(Br)cc2)CCOCC1. The molecule has 0 aliphatic carbocycles. The summed E-state index contributed by atoms with van der Waals surface area (Å²) in [5.74, 6) is 0.866. The molecule has 0 spiro atoms. The smallest absolute Gasteiger partial charge is 0.231 e. The Morgan fingerprint density at radius 1 is 1.15 bits per heavy atom. The minimum Gasteiger partial charge on any atom is -0.491 e. The summed E-state index contributed by atoms with van der Waals surface area (Å²) in [6, 6.07) is 15.9. The second-order valence-electron chi connectivity index (χ2n) is 7.16. The summed E-state index contributed by atoms with van der Waals surface area (Å²) in [5.41, 5.74) is 1.48. The number of nitrogens with one attached hydrogen (secondary N) is 1. The standard InChI is InChI=1S/C22H26BrNO3/c1-16(2)27-20-6-4-3-5-17(20)15-24-21(25)22(11-13-26-14-12-22)18-7-9-19(23)10-8-18/h3-10,16H,11-15H2,1-2H3,(H,24,25). The fourth-order valence-electron chi connectivity index (χ4n) is 3.50. The van der Waals surface area contributed by atoms with Crippen LogP contribution in [0.3, 0.4) is 0 Å². The lowest BCUT2D eigenvalue weighted by Crippen LogP contribution is -2.47. The highest BCUT2D eigenvalue weighted by Crippen LogP contribution is 2.36. The zero-order valence-corrected chi connectivity index (χ0v) is 17.4. The van der Waals surface area contributed by atoms with Crippen LogP contribution in [0.5, 0.6) is 5.75 Å². The monoisotopic (exact) mass is 431 g/mol. The van der Waals surface area contributed by atoms with Gasteiger partial charge >= 0.3 is 0 Å². The molecule has 0 unspecified atom stereocenters. The third kappa shape index (κ3) is 4.71. The van der Waals surface area contributed by atoms with E-state index in [1.54, 1.807) is 0 Å². The number of carbonyl (C=O) groups excluding carboxylic acids is 1. The van der Waals surface area contributed by atoms with Crippen molar-refractivity contribution >= 4 is 21.8 Å². The van der Waals surface area contributed by atoms with Crippen molar-refractivity contribution in [1.82, 2.24) is 5.32 Å². The Balaban J connectivity index is 1.79. The minimum absolute atomic E-state index is 0.0486. The molecule has 4 nitrogen and oxygen atoms in total. The molecule has 1 saturated heterocycles. The molecule has 1 aliphatic heterocycles. The Bertz CT molecular complexity index is 767. The maximum Gasteiger partial charge on any atom is 0.231 e. The Kier molecular flexibility index (Phi) is 6.55. The molecule has 0 bridgehead atoms. The fraction of sp³-hybridized carbons (Fsp3) is 0.409. The van der Waals surface area contributed by atoms with Crippen molar-refractivity contribution in [1.29, 1.82) is 0 Å². The summed E-state index contributed by atoms with van der Waals surface area (Å²) in [7, 11) is 0. The number of benzene rings is 2. The van der Waals surface area contributed by atoms with Gasteiger partial charge in [-0.25, -0.2) is 0 Å². The van der Waals surface area contributed by atoms with Crippen molar-refractivity contribution in [3.05, 3.63) is 64.1 Å². The van der Waals surface area contributed by atoms with Crippen molar-refractivity contribution < 1.29 is 14.3 Å². The van der Waals surface area contributed by atoms with E-state index in [4.69, 9.17) is 9.47 Å². The second-order valence-corrected chi connectivity index (χ2v) is 8.07. The molecule has 1 N–H and O–H groups in total. The van der Waals surface area contributed by atoms with Crippen LogP contribution in [-0.2, 0) is 21.5 Å². The first-order chi connectivity index (χ1) is 13.0. The molecular formula is C22H26BrNO3. The molecule has 144 valence electrons. The third-order valence-corrected chi connectivity index (χ3v) is 5.48. The molecule has 1 heterocycles. The van der Waals surface area contributed by atoms with Crippen LogP contribution in [0.1, 0.15) is 37.8 Å². The maximum absolute atomic E-state index is 13.3. The highest BCUT2D eigenvalue weighted by atomic mass is 79.9. The summed E-state index contributed by atoms with van der Waals surface area (Å²) in [5, 5.41) is 3.15. The first-order valence-corrected chi connectivity index (χ1v) is 10.2. The molecule has 0 saturated carbocycles.